The molecular formula is C23H21N3O3. The smallest absolute Gasteiger partial charge is 0.271 e. The molecule has 0 fully saturated rings. The third-order valence-electron chi connectivity index (χ3n) is 4.52. The van der Waals surface area contributed by atoms with Gasteiger partial charge in [0.25, 0.3) is 5.56 Å². The summed E-state index contributed by atoms with van der Waals surface area (Å²) in [7, 11) is 0. The second-order valence-corrected chi connectivity index (χ2v) is 6.41. The number of aromatic hydroxyl groups is 1. The number of nitrogens with zero attached hydrogens (tertiary/aromatic N) is 3. The lowest BCUT2D eigenvalue weighted by atomic mass is 10.1. The Balaban J connectivity index is 2.02. The van der Waals surface area contributed by atoms with Gasteiger partial charge in [-0.1, -0.05) is 30.3 Å². The Morgan fingerprint density at radius 2 is 1.86 bits per heavy atom. The van der Waals surface area contributed by atoms with Crippen molar-refractivity contribution >= 4 is 11.9 Å². The molecule has 0 saturated carbocycles. The molecule has 0 bridgehead atoms. The van der Waals surface area contributed by atoms with Crippen LogP contribution < -0.4 is 10.3 Å². The summed E-state index contributed by atoms with van der Waals surface area (Å²) < 4.78 is 6.61. The van der Waals surface area contributed by atoms with Gasteiger partial charge in [-0.2, -0.15) is 5.26 Å². The number of hydrogen-bond acceptors (Lipinski definition) is 5. The molecule has 3 rings (SSSR count). The van der Waals surface area contributed by atoms with Gasteiger partial charge in [-0.05, 0) is 49.2 Å². The van der Waals surface area contributed by atoms with E-state index in [1.807, 2.05) is 43.3 Å². The summed E-state index contributed by atoms with van der Waals surface area (Å²) in [6, 6.07) is 18.4. The maximum absolute atomic E-state index is 12.7. The molecule has 1 heterocycles. The number of rotatable bonds is 6. The number of hydrogen-bond donors (Lipinski definition) is 1. The summed E-state index contributed by atoms with van der Waals surface area (Å²) >= 11 is 0. The minimum absolute atomic E-state index is 0.00752. The highest BCUT2D eigenvalue weighted by Crippen LogP contribution is 2.23. The number of aromatic nitrogens is 1. The number of aliphatic imine (C=N–C) groups is 1. The molecule has 1 aromatic heterocycles. The third-order valence-corrected chi connectivity index (χ3v) is 4.52. The van der Waals surface area contributed by atoms with E-state index in [-0.39, 0.29) is 18.0 Å². The van der Waals surface area contributed by atoms with Crippen molar-refractivity contribution in [3.63, 3.8) is 0 Å². The molecule has 1 N–H and O–H groups in total. The Morgan fingerprint density at radius 1 is 1.17 bits per heavy atom. The number of benzene rings is 2. The Kier molecular flexibility index (Phi) is 6.10. The Morgan fingerprint density at radius 3 is 2.48 bits per heavy atom. The summed E-state index contributed by atoms with van der Waals surface area (Å²) in [6.45, 7) is 4.28. The van der Waals surface area contributed by atoms with Crippen molar-refractivity contribution in [1.29, 1.82) is 5.26 Å². The number of ether oxygens (including phenoxy) is 1. The first-order valence-corrected chi connectivity index (χ1v) is 9.22. The molecule has 29 heavy (non-hydrogen) atoms. The van der Waals surface area contributed by atoms with E-state index in [1.54, 1.807) is 31.2 Å². The van der Waals surface area contributed by atoms with E-state index in [0.29, 0.717) is 23.4 Å². The minimum atomic E-state index is -0.524. The molecule has 0 aliphatic carbocycles. The van der Waals surface area contributed by atoms with Crippen LogP contribution in [0.3, 0.4) is 0 Å². The van der Waals surface area contributed by atoms with Crippen molar-refractivity contribution in [1.82, 2.24) is 4.57 Å². The fourth-order valence-corrected chi connectivity index (χ4v) is 2.97. The lowest BCUT2D eigenvalue weighted by molar-refractivity contribution is 0.340. The Bertz CT molecular complexity index is 1130. The third kappa shape index (κ3) is 4.36. The van der Waals surface area contributed by atoms with Crippen molar-refractivity contribution in [3.8, 4) is 17.7 Å². The van der Waals surface area contributed by atoms with E-state index in [4.69, 9.17) is 4.74 Å². The average molecular weight is 387 g/mol. The highest BCUT2D eigenvalue weighted by molar-refractivity contribution is 5.87. The lowest BCUT2D eigenvalue weighted by Gasteiger charge is -2.14. The molecule has 0 spiro atoms. The second-order valence-electron chi connectivity index (χ2n) is 6.41. The van der Waals surface area contributed by atoms with E-state index >= 15 is 0 Å². The molecular weight excluding hydrogens is 366 g/mol. The molecule has 3 aromatic rings. The van der Waals surface area contributed by atoms with Crippen LogP contribution in [0.25, 0.3) is 0 Å². The van der Waals surface area contributed by atoms with Gasteiger partial charge in [0, 0.05) is 6.21 Å². The van der Waals surface area contributed by atoms with Crippen molar-refractivity contribution in [2.75, 3.05) is 6.61 Å². The zero-order chi connectivity index (χ0) is 20.8. The average Bonchev–Trinajstić information content (AvgIpc) is 2.73. The number of pyridine rings is 1. The van der Waals surface area contributed by atoms with Gasteiger partial charge in [0.2, 0.25) is 5.88 Å². The van der Waals surface area contributed by atoms with Gasteiger partial charge in [-0.15, -0.1) is 0 Å². The first-order valence-electron chi connectivity index (χ1n) is 9.22. The van der Waals surface area contributed by atoms with E-state index in [9.17, 15) is 15.2 Å². The van der Waals surface area contributed by atoms with Crippen LogP contribution in [0.2, 0.25) is 0 Å². The van der Waals surface area contributed by atoms with Crippen LogP contribution in [-0.4, -0.2) is 22.5 Å². The SMILES string of the molecule is CCOc1ccc(N=Cc2c(C)c(C#N)c(=O)n(Cc3ccccc3)c2O)cc1. The van der Waals surface area contributed by atoms with Crippen molar-refractivity contribution in [3.05, 3.63) is 87.2 Å². The molecule has 0 aliphatic rings. The molecule has 0 unspecified atom stereocenters. The van der Waals surface area contributed by atoms with Gasteiger partial charge in [-0.3, -0.25) is 14.4 Å². The van der Waals surface area contributed by atoms with Crippen molar-refractivity contribution in [2.45, 2.75) is 20.4 Å². The van der Waals surface area contributed by atoms with E-state index in [0.717, 1.165) is 11.3 Å². The van der Waals surface area contributed by atoms with Gasteiger partial charge in [-0.25, -0.2) is 0 Å². The highest BCUT2D eigenvalue weighted by atomic mass is 16.5. The lowest BCUT2D eigenvalue weighted by Crippen LogP contribution is -2.25. The van der Waals surface area contributed by atoms with E-state index < -0.39 is 5.56 Å². The fourth-order valence-electron chi connectivity index (χ4n) is 2.97. The monoisotopic (exact) mass is 387 g/mol. The molecule has 0 amide bonds. The molecule has 6 heteroatoms. The largest absolute Gasteiger partial charge is 0.494 e. The second kappa shape index (κ2) is 8.89. The minimum Gasteiger partial charge on any atom is -0.494 e. The quantitative estimate of drug-likeness (QED) is 0.649. The van der Waals surface area contributed by atoms with Crippen LogP contribution in [-0.2, 0) is 6.54 Å². The first kappa shape index (κ1) is 19.9. The summed E-state index contributed by atoms with van der Waals surface area (Å²) in [4.78, 5) is 17.1. The number of nitriles is 1. The van der Waals surface area contributed by atoms with Crippen LogP contribution >= 0.6 is 0 Å². The maximum atomic E-state index is 12.7. The molecule has 6 nitrogen and oxygen atoms in total. The van der Waals surface area contributed by atoms with Gasteiger partial charge >= 0.3 is 0 Å². The molecule has 0 atom stereocenters. The molecule has 0 saturated heterocycles. The molecule has 146 valence electrons. The topological polar surface area (TPSA) is 87.6 Å². The molecule has 0 aliphatic heterocycles. The van der Waals surface area contributed by atoms with E-state index in [2.05, 4.69) is 4.99 Å². The Labute approximate surface area is 169 Å². The highest BCUT2D eigenvalue weighted by Gasteiger charge is 2.18. The van der Waals surface area contributed by atoms with Crippen LogP contribution in [0.4, 0.5) is 5.69 Å². The maximum Gasteiger partial charge on any atom is 0.271 e. The van der Waals surface area contributed by atoms with Crippen molar-refractivity contribution < 1.29 is 9.84 Å². The standard InChI is InChI=1S/C23H21N3O3/c1-3-29-19-11-9-18(10-12-19)25-14-21-16(2)20(13-24)22(27)26(23(21)28)15-17-7-5-4-6-8-17/h4-12,14,28H,3,15H2,1-2H3. The van der Waals surface area contributed by atoms with Gasteiger partial charge in [0.1, 0.15) is 17.4 Å². The van der Waals surface area contributed by atoms with Crippen LogP contribution in [0.15, 0.2) is 64.4 Å². The normalized spacial score (nSPS) is 10.8. The predicted octanol–water partition coefficient (Wildman–Crippen LogP) is 3.93. The summed E-state index contributed by atoms with van der Waals surface area (Å²) in [5.41, 5.74) is 1.70. The Hall–Kier alpha value is -3.85. The zero-order valence-corrected chi connectivity index (χ0v) is 16.3. The van der Waals surface area contributed by atoms with E-state index in [1.165, 1.54) is 10.8 Å². The van der Waals surface area contributed by atoms with Crippen LogP contribution in [0.5, 0.6) is 11.6 Å². The zero-order valence-electron chi connectivity index (χ0n) is 16.3. The van der Waals surface area contributed by atoms with Crippen LogP contribution in [0, 0.1) is 18.3 Å². The van der Waals surface area contributed by atoms with Crippen LogP contribution in [0.1, 0.15) is 29.2 Å². The summed E-state index contributed by atoms with van der Waals surface area (Å²) in [5.74, 6) is 0.527. The predicted molar refractivity (Wildman–Crippen MR) is 112 cm³/mol. The molecule has 0 radical (unpaired) electrons. The van der Waals surface area contributed by atoms with Gasteiger partial charge in [0.15, 0.2) is 0 Å². The van der Waals surface area contributed by atoms with Crippen molar-refractivity contribution in [2.24, 2.45) is 4.99 Å². The molecule has 2 aromatic carbocycles. The van der Waals surface area contributed by atoms with Gasteiger partial charge < -0.3 is 9.84 Å². The fraction of sp³-hybridized carbons (Fsp3) is 0.174. The van der Waals surface area contributed by atoms with Gasteiger partial charge in [0.05, 0.1) is 24.4 Å². The summed E-state index contributed by atoms with van der Waals surface area (Å²) in [6.07, 6.45) is 1.47. The summed E-state index contributed by atoms with van der Waals surface area (Å²) in [5, 5.41) is 20.2. The first-order chi connectivity index (χ1) is 14.0.